The van der Waals surface area contributed by atoms with Crippen LogP contribution in [0.2, 0.25) is 0 Å². The van der Waals surface area contributed by atoms with Crippen molar-refractivity contribution in [3.63, 3.8) is 0 Å². The second kappa shape index (κ2) is 8.20. The molecule has 1 aliphatic heterocycles. The summed E-state index contributed by atoms with van der Waals surface area (Å²) < 4.78 is 5.14. The fourth-order valence-corrected chi connectivity index (χ4v) is 3.28. The third kappa shape index (κ3) is 4.75. The summed E-state index contributed by atoms with van der Waals surface area (Å²) in [6.07, 6.45) is 4.86. The van der Waals surface area contributed by atoms with Gasteiger partial charge >= 0.3 is 0 Å². The van der Waals surface area contributed by atoms with Gasteiger partial charge in [0.1, 0.15) is 5.75 Å². The lowest BCUT2D eigenvalue weighted by atomic mass is 10.2. The molecule has 20 heavy (non-hydrogen) atoms. The van der Waals surface area contributed by atoms with Crippen LogP contribution >= 0.6 is 11.8 Å². The van der Waals surface area contributed by atoms with Crippen LogP contribution in [-0.4, -0.2) is 36.8 Å². The first-order valence-electron chi connectivity index (χ1n) is 7.28. The maximum atomic E-state index is 12.1. The lowest BCUT2D eigenvalue weighted by Gasteiger charge is -2.19. The van der Waals surface area contributed by atoms with Crippen LogP contribution in [0.15, 0.2) is 24.3 Å². The Kier molecular flexibility index (Phi) is 6.25. The number of benzene rings is 1. The molecule has 1 aromatic rings. The Hall–Kier alpha value is -1.16. The molecule has 1 fully saturated rings. The van der Waals surface area contributed by atoms with E-state index in [4.69, 9.17) is 4.74 Å². The Morgan fingerprint density at radius 2 is 1.80 bits per heavy atom. The molecule has 1 amide bonds. The van der Waals surface area contributed by atoms with E-state index in [1.54, 1.807) is 18.9 Å². The number of nitrogens with zero attached hydrogens (tertiary/aromatic N) is 1. The molecule has 0 saturated carbocycles. The normalized spacial score (nSPS) is 15.8. The second-order valence-corrected chi connectivity index (χ2v) is 6.12. The van der Waals surface area contributed by atoms with E-state index in [9.17, 15) is 4.79 Å². The van der Waals surface area contributed by atoms with Crippen molar-refractivity contribution in [2.45, 2.75) is 31.4 Å². The third-order valence-corrected chi connectivity index (χ3v) is 4.60. The number of carbonyl (C=O) groups is 1. The van der Waals surface area contributed by atoms with Gasteiger partial charge in [0.05, 0.1) is 12.9 Å². The number of likely N-dealkylation sites (tertiary alicyclic amines) is 1. The minimum absolute atomic E-state index is 0.297. The molecule has 110 valence electrons. The van der Waals surface area contributed by atoms with Crippen molar-refractivity contribution in [2.75, 3.05) is 26.0 Å². The van der Waals surface area contributed by atoms with E-state index in [0.29, 0.717) is 11.7 Å². The first-order chi connectivity index (χ1) is 9.79. The van der Waals surface area contributed by atoms with Gasteiger partial charge in [-0.2, -0.15) is 0 Å². The van der Waals surface area contributed by atoms with Crippen LogP contribution in [0.4, 0.5) is 0 Å². The van der Waals surface area contributed by atoms with Crippen LogP contribution in [0.3, 0.4) is 0 Å². The summed E-state index contributed by atoms with van der Waals surface area (Å²) >= 11 is 1.70. The third-order valence-electron chi connectivity index (χ3n) is 3.61. The number of thioether (sulfide) groups is 1. The van der Waals surface area contributed by atoms with Crippen molar-refractivity contribution in [3.8, 4) is 5.75 Å². The Morgan fingerprint density at radius 1 is 1.15 bits per heavy atom. The highest BCUT2D eigenvalue weighted by atomic mass is 32.2. The summed E-state index contributed by atoms with van der Waals surface area (Å²) in [5.74, 6) is 2.64. The molecular formula is C16H23NO2S. The highest BCUT2D eigenvalue weighted by molar-refractivity contribution is 7.99. The Bertz CT molecular complexity index is 411. The molecule has 0 atom stereocenters. The highest BCUT2D eigenvalue weighted by Crippen LogP contribution is 2.17. The first kappa shape index (κ1) is 15.2. The van der Waals surface area contributed by atoms with Gasteiger partial charge in [0.15, 0.2) is 0 Å². The lowest BCUT2D eigenvalue weighted by molar-refractivity contribution is -0.128. The molecule has 0 unspecified atom stereocenters. The summed E-state index contributed by atoms with van der Waals surface area (Å²) in [5.41, 5.74) is 1.24. The predicted octanol–water partition coefficient (Wildman–Crippen LogP) is 3.33. The highest BCUT2D eigenvalue weighted by Gasteiger charge is 2.14. The zero-order valence-corrected chi connectivity index (χ0v) is 13.0. The average Bonchev–Trinajstić information content (AvgIpc) is 2.77. The fraction of sp³-hybridized carbons (Fsp3) is 0.562. The summed E-state index contributed by atoms with van der Waals surface area (Å²) in [7, 11) is 1.67. The molecule has 0 aromatic heterocycles. The van der Waals surface area contributed by atoms with Crippen LogP contribution in [0.25, 0.3) is 0 Å². The van der Waals surface area contributed by atoms with Crippen LogP contribution < -0.4 is 4.74 Å². The van der Waals surface area contributed by atoms with Crippen molar-refractivity contribution in [2.24, 2.45) is 0 Å². The van der Waals surface area contributed by atoms with Crippen molar-refractivity contribution in [1.29, 1.82) is 0 Å². The van der Waals surface area contributed by atoms with E-state index >= 15 is 0 Å². The van der Waals surface area contributed by atoms with Crippen LogP contribution in [0.1, 0.15) is 31.2 Å². The molecule has 1 saturated heterocycles. The monoisotopic (exact) mass is 293 g/mol. The van der Waals surface area contributed by atoms with Gasteiger partial charge in [-0.3, -0.25) is 4.79 Å². The van der Waals surface area contributed by atoms with E-state index in [-0.39, 0.29) is 0 Å². The number of hydrogen-bond donors (Lipinski definition) is 0. The minimum Gasteiger partial charge on any atom is -0.497 e. The molecule has 1 heterocycles. The molecule has 0 radical (unpaired) electrons. The number of carbonyl (C=O) groups excluding carboxylic acids is 1. The molecule has 1 aromatic carbocycles. The number of ether oxygens (including phenoxy) is 1. The summed E-state index contributed by atoms with van der Waals surface area (Å²) in [6.45, 7) is 1.89. The van der Waals surface area contributed by atoms with Gasteiger partial charge in [-0.1, -0.05) is 25.0 Å². The molecule has 3 nitrogen and oxygen atoms in total. The number of rotatable bonds is 5. The van der Waals surface area contributed by atoms with Crippen LogP contribution in [-0.2, 0) is 10.5 Å². The molecule has 0 bridgehead atoms. The molecule has 4 heteroatoms. The van der Waals surface area contributed by atoms with Crippen molar-refractivity contribution >= 4 is 17.7 Å². The van der Waals surface area contributed by atoms with Gasteiger partial charge in [-0.25, -0.2) is 0 Å². The maximum absolute atomic E-state index is 12.1. The minimum atomic E-state index is 0.297. The quantitative estimate of drug-likeness (QED) is 0.834. The fourth-order valence-electron chi connectivity index (χ4n) is 2.39. The smallest absolute Gasteiger partial charge is 0.232 e. The van der Waals surface area contributed by atoms with Crippen molar-refractivity contribution in [1.82, 2.24) is 4.90 Å². The Labute approximate surface area is 125 Å². The topological polar surface area (TPSA) is 29.5 Å². The predicted molar refractivity (Wildman–Crippen MR) is 84.2 cm³/mol. The van der Waals surface area contributed by atoms with Gasteiger partial charge in [-0.15, -0.1) is 11.8 Å². The van der Waals surface area contributed by atoms with Crippen molar-refractivity contribution < 1.29 is 9.53 Å². The Morgan fingerprint density at radius 3 is 2.40 bits per heavy atom. The van der Waals surface area contributed by atoms with Crippen LogP contribution in [0.5, 0.6) is 5.75 Å². The molecule has 1 aliphatic rings. The van der Waals surface area contributed by atoms with E-state index in [2.05, 4.69) is 12.1 Å². The van der Waals surface area contributed by atoms with Crippen LogP contribution in [0, 0.1) is 0 Å². The largest absolute Gasteiger partial charge is 0.497 e. The van der Waals surface area contributed by atoms with Gasteiger partial charge in [0.25, 0.3) is 0 Å². The van der Waals surface area contributed by atoms with Gasteiger partial charge < -0.3 is 9.64 Å². The first-order valence-corrected chi connectivity index (χ1v) is 8.43. The van der Waals surface area contributed by atoms with E-state index in [1.807, 2.05) is 17.0 Å². The van der Waals surface area contributed by atoms with E-state index in [1.165, 1.54) is 18.4 Å². The average molecular weight is 293 g/mol. The van der Waals surface area contributed by atoms with Gasteiger partial charge in [0, 0.05) is 18.8 Å². The number of hydrogen-bond acceptors (Lipinski definition) is 3. The number of amides is 1. The summed E-state index contributed by atoms with van der Waals surface area (Å²) in [4.78, 5) is 14.2. The standard InChI is InChI=1S/C16H23NO2S/c1-19-15-8-6-14(7-9-15)12-20-13-16(18)17-10-4-2-3-5-11-17/h6-9H,2-5,10-13H2,1H3. The molecular weight excluding hydrogens is 270 g/mol. The van der Waals surface area contributed by atoms with Gasteiger partial charge in [-0.05, 0) is 30.5 Å². The van der Waals surface area contributed by atoms with E-state index in [0.717, 1.165) is 37.4 Å². The molecule has 0 aliphatic carbocycles. The lowest BCUT2D eigenvalue weighted by Crippen LogP contribution is -2.33. The molecule has 0 spiro atoms. The summed E-state index contributed by atoms with van der Waals surface area (Å²) in [6, 6.07) is 8.05. The zero-order valence-electron chi connectivity index (χ0n) is 12.1. The molecule has 2 rings (SSSR count). The summed E-state index contributed by atoms with van der Waals surface area (Å²) in [5, 5.41) is 0. The van der Waals surface area contributed by atoms with E-state index < -0.39 is 0 Å². The second-order valence-electron chi connectivity index (χ2n) is 5.14. The molecule has 0 N–H and O–H groups in total. The SMILES string of the molecule is COc1ccc(CSCC(=O)N2CCCCCC2)cc1. The zero-order chi connectivity index (χ0) is 14.2. The van der Waals surface area contributed by atoms with Gasteiger partial charge in [0.2, 0.25) is 5.91 Å². The number of methoxy groups -OCH3 is 1. The maximum Gasteiger partial charge on any atom is 0.232 e. The Balaban J connectivity index is 1.72. The van der Waals surface area contributed by atoms with Crippen molar-refractivity contribution in [3.05, 3.63) is 29.8 Å².